The molecule has 31 heavy (non-hydrogen) atoms. The average molecular weight is 429 g/mol. The highest BCUT2D eigenvalue weighted by atomic mass is 19.4. The van der Waals surface area contributed by atoms with E-state index in [0.29, 0.717) is 24.5 Å². The largest absolute Gasteiger partial charge is 0.416 e. The molecule has 8 nitrogen and oxygen atoms in total. The Labute approximate surface area is 175 Å². The van der Waals surface area contributed by atoms with Crippen molar-refractivity contribution in [2.75, 3.05) is 18.1 Å². The Bertz CT molecular complexity index is 1110. The highest BCUT2D eigenvalue weighted by Crippen LogP contribution is 2.32. The van der Waals surface area contributed by atoms with E-state index in [1.807, 2.05) is 0 Å². The van der Waals surface area contributed by atoms with Crippen LogP contribution in [0.1, 0.15) is 17.5 Å². The Kier molecular flexibility index (Phi) is 5.40. The fraction of sp³-hybridized carbons (Fsp3) is 0.250. The first-order valence-electron chi connectivity index (χ1n) is 9.45. The number of hydrogen-bond donors (Lipinski definition) is 0. The van der Waals surface area contributed by atoms with E-state index in [2.05, 4.69) is 20.1 Å². The van der Waals surface area contributed by atoms with Crippen LogP contribution in [-0.2, 0) is 11.0 Å². The predicted octanol–water partition coefficient (Wildman–Crippen LogP) is 3.19. The number of rotatable bonds is 4. The van der Waals surface area contributed by atoms with E-state index in [1.54, 1.807) is 41.6 Å². The molecule has 0 atom stereocenters. The van der Waals surface area contributed by atoms with Crippen LogP contribution in [0.2, 0.25) is 0 Å². The first-order valence-corrected chi connectivity index (χ1v) is 9.45. The minimum Gasteiger partial charge on any atom is -0.268 e. The molecule has 0 radical (unpaired) electrons. The summed E-state index contributed by atoms with van der Waals surface area (Å²) in [5.41, 5.74) is -0.0630. The second-order valence-corrected chi connectivity index (χ2v) is 6.95. The zero-order valence-electron chi connectivity index (χ0n) is 16.5. The Morgan fingerprint density at radius 2 is 1.97 bits per heavy atom. The SMILES string of the molecule is Cc1cc(-c2ncn(/C=C\C(=O)N3CCCN3c3cnccn3)n2)cc(C(F)(F)F)c1. The second kappa shape index (κ2) is 8.17. The number of nitrogens with zero attached hydrogens (tertiary/aromatic N) is 7. The number of halogens is 3. The summed E-state index contributed by atoms with van der Waals surface area (Å²) >= 11 is 0. The van der Waals surface area contributed by atoms with Crippen LogP contribution in [0.4, 0.5) is 19.0 Å². The molecule has 4 rings (SSSR count). The maximum Gasteiger partial charge on any atom is 0.416 e. The van der Waals surface area contributed by atoms with Gasteiger partial charge in [0.25, 0.3) is 5.91 Å². The minimum absolute atomic E-state index is 0.133. The number of alkyl halides is 3. The van der Waals surface area contributed by atoms with Crippen LogP contribution in [0.15, 0.2) is 49.2 Å². The molecule has 2 aromatic heterocycles. The molecule has 3 aromatic rings. The number of benzene rings is 1. The third kappa shape index (κ3) is 4.55. The minimum atomic E-state index is -4.46. The standard InChI is InChI=1S/C20H18F3N7O/c1-14-9-15(11-16(10-14)20(21,22)23)19-26-13-28(27-19)8-3-18(31)30-7-2-6-29(30)17-12-24-4-5-25-17/h3-5,8-13H,2,6-7H2,1H3/b8-3-. The fourth-order valence-electron chi connectivity index (χ4n) is 3.28. The summed E-state index contributed by atoms with van der Waals surface area (Å²) in [6, 6.07) is 3.65. The van der Waals surface area contributed by atoms with E-state index in [-0.39, 0.29) is 17.3 Å². The van der Waals surface area contributed by atoms with Crippen LogP contribution in [0.25, 0.3) is 17.6 Å². The van der Waals surface area contributed by atoms with Crippen LogP contribution in [0, 0.1) is 6.92 Å². The van der Waals surface area contributed by atoms with Crippen molar-refractivity contribution in [1.82, 2.24) is 29.7 Å². The van der Waals surface area contributed by atoms with E-state index in [9.17, 15) is 18.0 Å². The summed E-state index contributed by atoms with van der Waals surface area (Å²) in [6.07, 6.45) is 5.09. The maximum atomic E-state index is 13.1. The van der Waals surface area contributed by atoms with Crippen LogP contribution in [0.3, 0.4) is 0 Å². The lowest BCUT2D eigenvalue weighted by molar-refractivity contribution is -0.137. The molecule has 0 unspecified atom stereocenters. The lowest BCUT2D eigenvalue weighted by atomic mass is 10.1. The van der Waals surface area contributed by atoms with Gasteiger partial charge in [0, 0.05) is 43.3 Å². The van der Waals surface area contributed by atoms with Crippen LogP contribution in [0.5, 0.6) is 0 Å². The molecule has 160 valence electrons. The molecule has 1 aliphatic heterocycles. The quantitative estimate of drug-likeness (QED) is 0.593. The number of carbonyl (C=O) groups is 1. The van der Waals surface area contributed by atoms with Gasteiger partial charge in [-0.05, 0) is 37.1 Å². The summed E-state index contributed by atoms with van der Waals surface area (Å²) in [4.78, 5) is 25.0. The molecule has 1 saturated heterocycles. The highest BCUT2D eigenvalue weighted by molar-refractivity contribution is 5.91. The molecule has 0 saturated carbocycles. The number of aryl methyl sites for hydroxylation is 1. The van der Waals surface area contributed by atoms with Crippen molar-refractivity contribution in [3.8, 4) is 11.4 Å². The molecule has 1 aliphatic rings. The van der Waals surface area contributed by atoms with Gasteiger partial charge in [0.05, 0.1) is 11.8 Å². The van der Waals surface area contributed by atoms with Gasteiger partial charge < -0.3 is 0 Å². The third-order valence-electron chi connectivity index (χ3n) is 4.64. The number of hydrogen-bond acceptors (Lipinski definition) is 6. The van der Waals surface area contributed by atoms with Crippen molar-refractivity contribution in [1.29, 1.82) is 0 Å². The Hall–Kier alpha value is -3.76. The monoisotopic (exact) mass is 429 g/mol. The lowest BCUT2D eigenvalue weighted by Crippen LogP contribution is -2.41. The van der Waals surface area contributed by atoms with E-state index in [0.717, 1.165) is 18.6 Å². The Morgan fingerprint density at radius 3 is 2.71 bits per heavy atom. The van der Waals surface area contributed by atoms with E-state index >= 15 is 0 Å². The number of aromatic nitrogens is 5. The highest BCUT2D eigenvalue weighted by Gasteiger charge is 2.31. The van der Waals surface area contributed by atoms with Gasteiger partial charge in [-0.1, -0.05) is 0 Å². The molecule has 0 aliphatic carbocycles. The number of hydrazine groups is 1. The lowest BCUT2D eigenvalue weighted by Gasteiger charge is -2.27. The first-order chi connectivity index (χ1) is 14.8. The van der Waals surface area contributed by atoms with Gasteiger partial charge in [0.1, 0.15) is 6.33 Å². The van der Waals surface area contributed by atoms with Gasteiger partial charge in [0.2, 0.25) is 0 Å². The number of carbonyl (C=O) groups excluding carboxylic acids is 1. The van der Waals surface area contributed by atoms with Gasteiger partial charge >= 0.3 is 6.18 Å². The molecule has 1 aromatic carbocycles. The molecule has 1 fully saturated rings. The molecule has 3 heterocycles. The fourth-order valence-corrected chi connectivity index (χ4v) is 3.28. The third-order valence-corrected chi connectivity index (χ3v) is 4.64. The van der Waals surface area contributed by atoms with Crippen molar-refractivity contribution in [3.05, 3.63) is 60.3 Å². The summed E-state index contributed by atoms with van der Waals surface area (Å²) in [7, 11) is 0. The van der Waals surface area contributed by atoms with Crippen LogP contribution in [-0.4, -0.2) is 48.7 Å². The van der Waals surface area contributed by atoms with Gasteiger partial charge in [0.15, 0.2) is 11.6 Å². The van der Waals surface area contributed by atoms with Crippen molar-refractivity contribution in [2.24, 2.45) is 0 Å². The zero-order chi connectivity index (χ0) is 22.0. The van der Waals surface area contributed by atoms with Crippen molar-refractivity contribution >= 4 is 17.9 Å². The Balaban J connectivity index is 1.50. The second-order valence-electron chi connectivity index (χ2n) is 6.95. The molecule has 0 spiro atoms. The molecule has 11 heteroatoms. The average Bonchev–Trinajstić information content (AvgIpc) is 3.41. The topological polar surface area (TPSA) is 80.0 Å². The summed E-state index contributed by atoms with van der Waals surface area (Å²) < 4.78 is 40.5. The van der Waals surface area contributed by atoms with Crippen molar-refractivity contribution < 1.29 is 18.0 Å². The molecular weight excluding hydrogens is 411 g/mol. The smallest absolute Gasteiger partial charge is 0.268 e. The molecule has 0 N–H and O–H groups in total. The van der Waals surface area contributed by atoms with Crippen molar-refractivity contribution in [3.63, 3.8) is 0 Å². The van der Waals surface area contributed by atoms with E-state index in [4.69, 9.17) is 0 Å². The summed E-state index contributed by atoms with van der Waals surface area (Å²) in [5, 5.41) is 7.46. The summed E-state index contributed by atoms with van der Waals surface area (Å²) in [5.74, 6) is 0.425. The maximum absolute atomic E-state index is 13.1. The molecule has 1 amide bonds. The first kappa shape index (κ1) is 20.5. The molecular formula is C20H18F3N7O. The van der Waals surface area contributed by atoms with Gasteiger partial charge in [-0.15, -0.1) is 5.10 Å². The van der Waals surface area contributed by atoms with Gasteiger partial charge in [-0.2, -0.15) is 13.2 Å². The number of anilines is 1. The van der Waals surface area contributed by atoms with E-state index in [1.165, 1.54) is 23.3 Å². The van der Waals surface area contributed by atoms with Crippen LogP contribution < -0.4 is 5.01 Å². The molecule has 0 bridgehead atoms. The Morgan fingerprint density at radius 1 is 1.13 bits per heavy atom. The van der Waals surface area contributed by atoms with Crippen LogP contribution >= 0.6 is 0 Å². The predicted molar refractivity (Wildman–Crippen MR) is 106 cm³/mol. The van der Waals surface area contributed by atoms with Gasteiger partial charge in [-0.3, -0.25) is 14.8 Å². The van der Waals surface area contributed by atoms with E-state index < -0.39 is 11.7 Å². The number of amides is 1. The van der Waals surface area contributed by atoms with Crippen molar-refractivity contribution in [2.45, 2.75) is 19.5 Å². The normalized spacial score (nSPS) is 14.6. The zero-order valence-corrected chi connectivity index (χ0v) is 16.5. The van der Waals surface area contributed by atoms with Gasteiger partial charge in [-0.25, -0.2) is 19.7 Å². The summed E-state index contributed by atoms with van der Waals surface area (Å²) in [6.45, 7) is 2.75.